The average Bonchev–Trinajstić information content (AvgIpc) is 2.25. The molecule has 0 bridgehead atoms. The van der Waals surface area contributed by atoms with Crippen LogP contribution in [0.5, 0.6) is 0 Å². The summed E-state index contributed by atoms with van der Waals surface area (Å²) >= 11 is 2.85. The molecule has 0 heterocycles. The summed E-state index contributed by atoms with van der Waals surface area (Å²) in [4.78, 5) is 11.9. The van der Waals surface area contributed by atoms with Crippen LogP contribution in [-0.4, -0.2) is 11.4 Å². The van der Waals surface area contributed by atoms with Crippen molar-refractivity contribution < 1.29 is 18.0 Å². The van der Waals surface area contributed by atoms with Crippen LogP contribution in [0.1, 0.15) is 42.1 Å². The van der Waals surface area contributed by atoms with Gasteiger partial charge in [0.1, 0.15) is 0 Å². The Morgan fingerprint density at radius 1 is 1.37 bits per heavy atom. The fraction of sp³-hybridized carbons (Fsp3) is 0.462. The largest absolute Gasteiger partial charge is 0.417 e. The van der Waals surface area contributed by atoms with E-state index in [0.717, 1.165) is 25.3 Å². The van der Waals surface area contributed by atoms with Gasteiger partial charge in [0.15, 0.2) is 0 Å². The first-order valence-electron chi connectivity index (χ1n) is 5.91. The van der Waals surface area contributed by atoms with Crippen molar-refractivity contribution in [1.82, 2.24) is 5.32 Å². The van der Waals surface area contributed by atoms with Gasteiger partial charge in [0.25, 0.3) is 5.91 Å². The van der Waals surface area contributed by atoms with Gasteiger partial charge in [0.05, 0.1) is 5.56 Å². The molecule has 19 heavy (non-hydrogen) atoms. The lowest BCUT2D eigenvalue weighted by atomic mass is 9.78. The second kappa shape index (κ2) is 4.81. The highest BCUT2D eigenvalue weighted by Gasteiger charge is 2.36. The van der Waals surface area contributed by atoms with E-state index in [-0.39, 0.29) is 15.6 Å². The van der Waals surface area contributed by atoms with Crippen LogP contribution < -0.4 is 5.32 Å². The van der Waals surface area contributed by atoms with Crippen molar-refractivity contribution in [2.45, 2.75) is 37.9 Å². The molecule has 104 valence electrons. The van der Waals surface area contributed by atoms with E-state index in [2.05, 4.69) is 21.2 Å². The van der Waals surface area contributed by atoms with E-state index in [1.54, 1.807) is 0 Å². The van der Waals surface area contributed by atoms with Gasteiger partial charge in [-0.05, 0) is 44.4 Å². The number of carbonyl (C=O) groups is 1. The first kappa shape index (κ1) is 14.4. The van der Waals surface area contributed by atoms with E-state index < -0.39 is 17.6 Å². The zero-order chi connectivity index (χ0) is 14.3. The standard InChI is InChI=1S/C13H13BrF3NO/c1-12(5-2-6-12)18-11(19)8-3-4-10(14)9(7-8)13(15,16)17/h3-4,7H,2,5-6H2,1H3,(H,18,19). The molecule has 1 amide bonds. The monoisotopic (exact) mass is 335 g/mol. The van der Waals surface area contributed by atoms with Gasteiger partial charge in [0.2, 0.25) is 0 Å². The number of hydrogen-bond donors (Lipinski definition) is 1. The third-order valence-electron chi connectivity index (χ3n) is 3.41. The molecule has 0 saturated heterocycles. The molecular formula is C13H13BrF3NO. The van der Waals surface area contributed by atoms with Crippen LogP contribution in [0.2, 0.25) is 0 Å². The Morgan fingerprint density at radius 3 is 2.47 bits per heavy atom. The SMILES string of the molecule is CC1(NC(=O)c2ccc(Br)c(C(F)(F)F)c2)CCC1. The zero-order valence-corrected chi connectivity index (χ0v) is 11.9. The first-order valence-corrected chi connectivity index (χ1v) is 6.70. The average molecular weight is 336 g/mol. The Morgan fingerprint density at radius 2 is 2.00 bits per heavy atom. The number of halogens is 4. The van der Waals surface area contributed by atoms with Gasteiger partial charge in [-0.3, -0.25) is 4.79 Å². The molecular weight excluding hydrogens is 323 g/mol. The molecule has 0 unspecified atom stereocenters. The Labute approximate surface area is 117 Å². The summed E-state index contributed by atoms with van der Waals surface area (Å²) in [5.41, 5.74) is -1.08. The number of alkyl halides is 3. The molecule has 1 fully saturated rings. The number of nitrogens with one attached hydrogen (secondary N) is 1. The van der Waals surface area contributed by atoms with Crippen LogP contribution in [0, 0.1) is 0 Å². The van der Waals surface area contributed by atoms with Gasteiger partial charge >= 0.3 is 6.18 Å². The summed E-state index contributed by atoms with van der Waals surface area (Å²) in [6.45, 7) is 1.90. The highest BCUT2D eigenvalue weighted by molar-refractivity contribution is 9.10. The minimum absolute atomic E-state index is 0.0312. The van der Waals surface area contributed by atoms with Crippen molar-refractivity contribution in [3.8, 4) is 0 Å². The molecule has 1 N–H and O–H groups in total. The molecule has 0 atom stereocenters. The lowest BCUT2D eigenvalue weighted by molar-refractivity contribution is -0.138. The fourth-order valence-corrected chi connectivity index (χ4v) is 2.53. The molecule has 6 heteroatoms. The van der Waals surface area contributed by atoms with Crippen LogP contribution in [0.4, 0.5) is 13.2 Å². The maximum atomic E-state index is 12.7. The molecule has 1 aromatic rings. The van der Waals surface area contributed by atoms with Gasteiger partial charge in [-0.15, -0.1) is 0 Å². The molecule has 2 nitrogen and oxygen atoms in total. The van der Waals surface area contributed by atoms with Crippen molar-refractivity contribution in [3.05, 3.63) is 33.8 Å². The Bertz CT molecular complexity index is 509. The summed E-state index contributed by atoms with van der Waals surface area (Å²) in [6.07, 6.45) is -1.72. The predicted molar refractivity (Wildman–Crippen MR) is 68.9 cm³/mol. The lowest BCUT2D eigenvalue weighted by Crippen LogP contribution is -2.50. The lowest BCUT2D eigenvalue weighted by Gasteiger charge is -2.39. The van der Waals surface area contributed by atoms with Gasteiger partial charge in [0, 0.05) is 15.6 Å². The number of amides is 1. The predicted octanol–water partition coefficient (Wildman–Crippen LogP) is 4.14. The van der Waals surface area contributed by atoms with E-state index >= 15 is 0 Å². The number of hydrogen-bond acceptors (Lipinski definition) is 1. The molecule has 1 aromatic carbocycles. The molecule has 1 aliphatic rings. The van der Waals surface area contributed by atoms with Crippen molar-refractivity contribution in [3.63, 3.8) is 0 Å². The molecule has 1 saturated carbocycles. The maximum Gasteiger partial charge on any atom is 0.417 e. The quantitative estimate of drug-likeness (QED) is 0.864. The Balaban J connectivity index is 2.23. The summed E-state index contributed by atoms with van der Waals surface area (Å²) in [7, 11) is 0. The van der Waals surface area contributed by atoms with Gasteiger partial charge in [-0.1, -0.05) is 15.9 Å². The number of benzene rings is 1. The van der Waals surface area contributed by atoms with Crippen molar-refractivity contribution in [2.24, 2.45) is 0 Å². The summed E-state index contributed by atoms with van der Waals surface area (Å²) in [6, 6.07) is 3.51. The fourth-order valence-electron chi connectivity index (χ4n) is 2.06. The maximum absolute atomic E-state index is 12.7. The number of rotatable bonds is 2. The van der Waals surface area contributed by atoms with Crippen LogP contribution in [-0.2, 0) is 6.18 Å². The molecule has 0 aliphatic heterocycles. The van der Waals surface area contributed by atoms with Crippen LogP contribution in [0.3, 0.4) is 0 Å². The zero-order valence-electron chi connectivity index (χ0n) is 10.3. The third kappa shape index (κ3) is 3.11. The molecule has 0 spiro atoms. The van der Waals surface area contributed by atoms with Crippen molar-refractivity contribution in [2.75, 3.05) is 0 Å². The summed E-state index contributed by atoms with van der Waals surface area (Å²) in [5, 5.41) is 2.79. The second-order valence-corrected chi connectivity index (χ2v) is 5.92. The van der Waals surface area contributed by atoms with Crippen molar-refractivity contribution in [1.29, 1.82) is 0 Å². The minimum Gasteiger partial charge on any atom is -0.347 e. The van der Waals surface area contributed by atoms with Gasteiger partial charge < -0.3 is 5.32 Å². The first-order chi connectivity index (χ1) is 8.71. The Hall–Kier alpha value is -1.04. The third-order valence-corrected chi connectivity index (χ3v) is 4.10. The highest BCUT2D eigenvalue weighted by atomic mass is 79.9. The Kier molecular flexibility index (Phi) is 3.64. The summed E-state index contributed by atoms with van der Waals surface area (Å²) in [5.74, 6) is -0.458. The van der Waals surface area contributed by atoms with Crippen molar-refractivity contribution >= 4 is 21.8 Å². The molecule has 0 aromatic heterocycles. The van der Waals surface area contributed by atoms with Gasteiger partial charge in [-0.25, -0.2) is 0 Å². The van der Waals surface area contributed by atoms with E-state index in [1.807, 2.05) is 6.92 Å². The highest BCUT2D eigenvalue weighted by Crippen LogP contribution is 2.36. The smallest absolute Gasteiger partial charge is 0.347 e. The van der Waals surface area contributed by atoms with Gasteiger partial charge in [-0.2, -0.15) is 13.2 Å². The van der Waals surface area contributed by atoms with E-state index in [1.165, 1.54) is 12.1 Å². The summed E-state index contributed by atoms with van der Waals surface area (Å²) < 4.78 is 38.2. The van der Waals surface area contributed by atoms with E-state index in [4.69, 9.17) is 0 Å². The van der Waals surface area contributed by atoms with E-state index in [0.29, 0.717) is 0 Å². The molecule has 2 rings (SSSR count). The minimum atomic E-state index is -4.48. The second-order valence-electron chi connectivity index (χ2n) is 5.06. The molecule has 0 radical (unpaired) electrons. The van der Waals surface area contributed by atoms with Crippen LogP contribution >= 0.6 is 15.9 Å². The number of carbonyl (C=O) groups excluding carboxylic acids is 1. The topological polar surface area (TPSA) is 29.1 Å². The normalized spacial score (nSPS) is 17.7. The van der Waals surface area contributed by atoms with Crippen LogP contribution in [0.15, 0.2) is 22.7 Å². The van der Waals surface area contributed by atoms with E-state index in [9.17, 15) is 18.0 Å². The van der Waals surface area contributed by atoms with Crippen LogP contribution in [0.25, 0.3) is 0 Å². The molecule has 1 aliphatic carbocycles.